The lowest BCUT2D eigenvalue weighted by molar-refractivity contribution is 0.0481. The van der Waals surface area contributed by atoms with Gasteiger partial charge in [0.05, 0.1) is 5.60 Å². The van der Waals surface area contributed by atoms with Gasteiger partial charge < -0.3 is 14.9 Å². The van der Waals surface area contributed by atoms with Gasteiger partial charge in [-0.15, -0.1) is 0 Å². The normalized spacial score (nSPS) is 14.2. The number of aliphatic hydroxyl groups is 1. The van der Waals surface area contributed by atoms with Crippen LogP contribution in [0, 0.1) is 12.8 Å². The van der Waals surface area contributed by atoms with E-state index in [1.165, 1.54) is 0 Å². The van der Waals surface area contributed by atoms with Crippen LogP contribution < -0.4 is 10.6 Å². The molecule has 1 unspecified atom stereocenters. The molecule has 0 saturated heterocycles. The minimum absolute atomic E-state index is 0.197. The molecule has 2 amide bonds. The van der Waals surface area contributed by atoms with Gasteiger partial charge in [-0.05, 0) is 32.6 Å². The second-order valence-electron chi connectivity index (χ2n) is 5.56. The summed E-state index contributed by atoms with van der Waals surface area (Å²) in [4.78, 5) is 11.6. The summed E-state index contributed by atoms with van der Waals surface area (Å²) in [6.45, 7) is 7.86. The summed E-state index contributed by atoms with van der Waals surface area (Å²) >= 11 is 0. The highest BCUT2D eigenvalue weighted by atomic mass is 16.5. The predicted octanol–water partition coefficient (Wildman–Crippen LogP) is 2.29. The molecule has 0 bridgehead atoms. The number of nitrogens with one attached hydrogen (secondary N) is 2. The van der Waals surface area contributed by atoms with Gasteiger partial charge in [-0.25, -0.2) is 4.79 Å². The molecule has 6 nitrogen and oxygen atoms in total. The quantitative estimate of drug-likeness (QED) is 0.739. The van der Waals surface area contributed by atoms with Gasteiger partial charge in [0.1, 0.15) is 5.76 Å². The maximum absolute atomic E-state index is 11.6. The molecule has 0 saturated carbocycles. The number of hydrogen-bond donors (Lipinski definition) is 3. The fourth-order valence-corrected chi connectivity index (χ4v) is 1.54. The minimum atomic E-state index is -0.901. The smallest absolute Gasteiger partial charge is 0.320 e. The molecule has 0 aliphatic rings. The number of amides is 2. The zero-order valence-corrected chi connectivity index (χ0v) is 12.0. The Hall–Kier alpha value is -1.56. The van der Waals surface area contributed by atoms with E-state index in [0.717, 1.165) is 6.42 Å². The molecule has 1 aromatic rings. The van der Waals surface area contributed by atoms with E-state index < -0.39 is 11.6 Å². The summed E-state index contributed by atoms with van der Waals surface area (Å²) in [5.41, 5.74) is -0.901. The molecule has 108 valence electrons. The van der Waals surface area contributed by atoms with E-state index in [2.05, 4.69) is 29.6 Å². The summed E-state index contributed by atoms with van der Waals surface area (Å²) in [5, 5.41) is 18.9. The maximum Gasteiger partial charge on any atom is 0.320 e. The van der Waals surface area contributed by atoms with Crippen LogP contribution in [0.2, 0.25) is 0 Å². The number of urea groups is 1. The third-order valence-electron chi connectivity index (χ3n) is 2.76. The zero-order chi connectivity index (χ0) is 14.5. The summed E-state index contributed by atoms with van der Waals surface area (Å²) in [6.07, 6.45) is 1.56. The molecule has 1 rings (SSSR count). The molecule has 0 fully saturated rings. The predicted molar refractivity (Wildman–Crippen MR) is 73.0 cm³/mol. The Morgan fingerprint density at radius 1 is 1.58 bits per heavy atom. The third kappa shape index (κ3) is 6.24. The lowest BCUT2D eigenvalue weighted by Crippen LogP contribution is -2.42. The van der Waals surface area contributed by atoms with Crippen LogP contribution in [0.5, 0.6) is 0 Å². The van der Waals surface area contributed by atoms with E-state index in [-0.39, 0.29) is 6.54 Å². The van der Waals surface area contributed by atoms with Gasteiger partial charge in [-0.1, -0.05) is 19.0 Å². The maximum atomic E-state index is 11.6. The van der Waals surface area contributed by atoms with E-state index >= 15 is 0 Å². The highest BCUT2D eigenvalue weighted by Crippen LogP contribution is 2.15. The van der Waals surface area contributed by atoms with Crippen LogP contribution in [0.15, 0.2) is 10.6 Å². The SMILES string of the molecule is Cc1cc(NC(=O)NCC(C)(O)CCC(C)C)no1. The van der Waals surface area contributed by atoms with Gasteiger partial charge in [0, 0.05) is 12.6 Å². The number of nitrogens with zero attached hydrogens (tertiary/aromatic N) is 1. The van der Waals surface area contributed by atoms with Gasteiger partial charge in [-0.2, -0.15) is 0 Å². The fourth-order valence-electron chi connectivity index (χ4n) is 1.54. The van der Waals surface area contributed by atoms with Crippen LogP contribution >= 0.6 is 0 Å². The van der Waals surface area contributed by atoms with E-state index in [1.807, 2.05) is 0 Å². The molecular weight excluding hydrogens is 246 g/mol. The second kappa shape index (κ2) is 6.56. The standard InChI is InChI=1S/C13H23N3O3/c1-9(2)5-6-13(4,18)8-14-12(17)15-11-7-10(3)19-16-11/h7,9,18H,5-6,8H2,1-4H3,(H2,14,15,16,17). The van der Waals surface area contributed by atoms with E-state index in [9.17, 15) is 9.90 Å². The van der Waals surface area contributed by atoms with Crippen LogP contribution in [-0.2, 0) is 0 Å². The molecule has 1 atom stereocenters. The Balaban J connectivity index is 2.32. The van der Waals surface area contributed by atoms with Crippen molar-refractivity contribution in [3.63, 3.8) is 0 Å². The van der Waals surface area contributed by atoms with Crippen molar-refractivity contribution >= 4 is 11.8 Å². The Kier molecular flexibility index (Phi) is 5.35. The van der Waals surface area contributed by atoms with Crippen LogP contribution in [0.1, 0.15) is 39.4 Å². The lowest BCUT2D eigenvalue weighted by atomic mass is 9.95. The Morgan fingerprint density at radius 2 is 2.26 bits per heavy atom. The zero-order valence-electron chi connectivity index (χ0n) is 12.0. The third-order valence-corrected chi connectivity index (χ3v) is 2.76. The molecule has 6 heteroatoms. The van der Waals surface area contributed by atoms with Crippen molar-refractivity contribution in [3.8, 4) is 0 Å². The minimum Gasteiger partial charge on any atom is -0.388 e. The average Bonchev–Trinajstić information content (AvgIpc) is 2.70. The number of rotatable bonds is 6. The number of aromatic nitrogens is 1. The number of hydrogen-bond acceptors (Lipinski definition) is 4. The largest absolute Gasteiger partial charge is 0.388 e. The number of carbonyl (C=O) groups is 1. The van der Waals surface area contributed by atoms with E-state index in [4.69, 9.17) is 4.52 Å². The monoisotopic (exact) mass is 269 g/mol. The summed E-state index contributed by atoms with van der Waals surface area (Å²) in [5.74, 6) is 1.51. The summed E-state index contributed by atoms with van der Waals surface area (Å²) in [7, 11) is 0. The highest BCUT2D eigenvalue weighted by molar-refractivity contribution is 5.88. The number of carbonyl (C=O) groups excluding carboxylic acids is 1. The first-order valence-corrected chi connectivity index (χ1v) is 6.49. The van der Waals surface area contributed by atoms with E-state index in [0.29, 0.717) is 23.9 Å². The average molecular weight is 269 g/mol. The first-order valence-electron chi connectivity index (χ1n) is 6.49. The molecular formula is C13H23N3O3. The van der Waals surface area contributed by atoms with Crippen molar-refractivity contribution in [2.75, 3.05) is 11.9 Å². The van der Waals surface area contributed by atoms with Crippen LogP contribution in [0.4, 0.5) is 10.6 Å². The number of aryl methyl sites for hydroxylation is 1. The Morgan fingerprint density at radius 3 is 2.79 bits per heavy atom. The van der Waals surface area contributed by atoms with Gasteiger partial charge >= 0.3 is 6.03 Å². The molecule has 19 heavy (non-hydrogen) atoms. The Bertz CT molecular complexity index is 413. The first kappa shape index (κ1) is 15.5. The van der Waals surface area contributed by atoms with E-state index in [1.54, 1.807) is 19.9 Å². The van der Waals surface area contributed by atoms with Crippen molar-refractivity contribution in [2.45, 2.75) is 46.1 Å². The van der Waals surface area contributed by atoms with Crippen LogP contribution in [0.3, 0.4) is 0 Å². The molecule has 1 heterocycles. The Labute approximate surface area is 113 Å². The van der Waals surface area contributed by atoms with Gasteiger partial charge in [0.15, 0.2) is 5.82 Å². The fraction of sp³-hybridized carbons (Fsp3) is 0.692. The first-order chi connectivity index (χ1) is 8.78. The summed E-state index contributed by atoms with van der Waals surface area (Å²) < 4.78 is 4.83. The van der Waals surface area contributed by atoms with Crippen molar-refractivity contribution in [3.05, 3.63) is 11.8 Å². The number of anilines is 1. The van der Waals surface area contributed by atoms with Crippen molar-refractivity contribution in [2.24, 2.45) is 5.92 Å². The van der Waals surface area contributed by atoms with Gasteiger partial charge in [0.25, 0.3) is 0 Å². The molecule has 0 aliphatic heterocycles. The molecule has 1 aromatic heterocycles. The molecule has 0 aromatic carbocycles. The highest BCUT2D eigenvalue weighted by Gasteiger charge is 2.21. The van der Waals surface area contributed by atoms with Crippen LogP contribution in [-0.4, -0.2) is 28.4 Å². The van der Waals surface area contributed by atoms with Crippen LogP contribution in [0.25, 0.3) is 0 Å². The van der Waals surface area contributed by atoms with Gasteiger partial charge in [-0.3, -0.25) is 5.32 Å². The van der Waals surface area contributed by atoms with Gasteiger partial charge in [0.2, 0.25) is 0 Å². The topological polar surface area (TPSA) is 87.4 Å². The lowest BCUT2D eigenvalue weighted by Gasteiger charge is -2.24. The summed E-state index contributed by atoms with van der Waals surface area (Å²) in [6, 6.07) is 1.22. The van der Waals surface area contributed by atoms with Crippen molar-refractivity contribution < 1.29 is 14.4 Å². The van der Waals surface area contributed by atoms with Crippen molar-refractivity contribution in [1.29, 1.82) is 0 Å². The molecule has 3 N–H and O–H groups in total. The van der Waals surface area contributed by atoms with Crippen molar-refractivity contribution in [1.82, 2.24) is 10.5 Å². The molecule has 0 aliphatic carbocycles. The molecule has 0 radical (unpaired) electrons. The second-order valence-corrected chi connectivity index (χ2v) is 5.56. The molecule has 0 spiro atoms.